The summed E-state index contributed by atoms with van der Waals surface area (Å²) >= 11 is 0. The minimum Gasteiger partial charge on any atom is -0.377 e. The van der Waals surface area contributed by atoms with Crippen molar-refractivity contribution in [1.82, 2.24) is 10.2 Å². The summed E-state index contributed by atoms with van der Waals surface area (Å²) in [4.78, 5) is 2.58. The molecule has 2 saturated heterocycles. The number of likely N-dealkylation sites (tertiary alicyclic amines) is 1. The van der Waals surface area contributed by atoms with Gasteiger partial charge < -0.3 is 10.1 Å². The number of nitrogens with zero attached hydrogens (tertiary/aromatic N) is 1. The van der Waals surface area contributed by atoms with Crippen molar-refractivity contribution in [1.29, 1.82) is 0 Å². The molecule has 88 valence electrons. The Hall–Kier alpha value is -0.120. The fraction of sp³-hybridized carbons (Fsp3) is 1.00. The van der Waals surface area contributed by atoms with E-state index in [0.717, 1.165) is 19.7 Å². The monoisotopic (exact) mass is 212 g/mol. The molecule has 0 saturated carbocycles. The number of likely N-dealkylation sites (N-methyl/N-ethyl adjacent to an activating group) is 1. The second-order valence-corrected chi connectivity index (χ2v) is 4.79. The van der Waals surface area contributed by atoms with E-state index in [9.17, 15) is 0 Å². The zero-order chi connectivity index (χ0) is 10.5. The molecule has 0 aliphatic carbocycles. The van der Waals surface area contributed by atoms with Crippen LogP contribution in [0.15, 0.2) is 0 Å². The van der Waals surface area contributed by atoms with Gasteiger partial charge in [0.1, 0.15) is 0 Å². The molecule has 15 heavy (non-hydrogen) atoms. The van der Waals surface area contributed by atoms with E-state index in [1.807, 2.05) is 0 Å². The van der Waals surface area contributed by atoms with Crippen LogP contribution >= 0.6 is 0 Å². The summed E-state index contributed by atoms with van der Waals surface area (Å²) in [5.74, 6) is 0. The van der Waals surface area contributed by atoms with Crippen LogP contribution in [0.2, 0.25) is 0 Å². The van der Waals surface area contributed by atoms with Crippen LogP contribution in [0.25, 0.3) is 0 Å². The molecular formula is C12H24N2O. The van der Waals surface area contributed by atoms with Gasteiger partial charge >= 0.3 is 0 Å². The number of nitrogens with one attached hydrogen (secondary N) is 1. The molecule has 2 rings (SSSR count). The maximum Gasteiger partial charge on any atom is 0.0702 e. The molecule has 0 aromatic heterocycles. The highest BCUT2D eigenvalue weighted by Gasteiger charge is 2.23. The first-order valence-electron chi connectivity index (χ1n) is 6.46. The molecule has 0 bridgehead atoms. The van der Waals surface area contributed by atoms with Gasteiger partial charge in [0, 0.05) is 25.7 Å². The Morgan fingerprint density at radius 2 is 2.27 bits per heavy atom. The van der Waals surface area contributed by atoms with Gasteiger partial charge in [-0.25, -0.2) is 0 Å². The van der Waals surface area contributed by atoms with E-state index < -0.39 is 0 Å². The number of rotatable bonds is 4. The predicted molar refractivity (Wildman–Crippen MR) is 62.1 cm³/mol. The highest BCUT2D eigenvalue weighted by atomic mass is 16.5. The number of piperidine rings is 1. The molecule has 2 fully saturated rings. The molecule has 2 aliphatic heterocycles. The summed E-state index contributed by atoms with van der Waals surface area (Å²) in [6.07, 6.45) is 5.72. The maximum absolute atomic E-state index is 5.69. The molecule has 3 nitrogen and oxygen atoms in total. The third-order valence-electron chi connectivity index (χ3n) is 3.48. The molecule has 2 heterocycles. The lowest BCUT2D eigenvalue weighted by Crippen LogP contribution is -2.47. The van der Waals surface area contributed by atoms with Gasteiger partial charge in [-0.05, 0) is 38.8 Å². The quantitative estimate of drug-likeness (QED) is 0.759. The molecule has 0 radical (unpaired) electrons. The molecule has 1 N–H and O–H groups in total. The zero-order valence-corrected chi connectivity index (χ0v) is 9.87. The van der Waals surface area contributed by atoms with Gasteiger partial charge in [0.2, 0.25) is 0 Å². The third-order valence-corrected chi connectivity index (χ3v) is 3.48. The van der Waals surface area contributed by atoms with E-state index in [1.165, 1.54) is 38.8 Å². The standard InChI is InChI=1S/C12H24N2O/c1-2-13-11-5-3-7-14(9-11)10-12-6-4-8-15-12/h11-13H,2-10H2,1H3. The van der Waals surface area contributed by atoms with Crippen LogP contribution in [-0.2, 0) is 4.74 Å². The van der Waals surface area contributed by atoms with Gasteiger partial charge in [-0.1, -0.05) is 6.92 Å². The molecule has 0 aromatic rings. The fourth-order valence-electron chi connectivity index (χ4n) is 2.75. The Balaban J connectivity index is 1.71. The number of hydrogen-bond donors (Lipinski definition) is 1. The Bertz CT molecular complexity index is 178. The Kier molecular flexibility index (Phi) is 4.42. The van der Waals surface area contributed by atoms with Crippen LogP contribution in [-0.4, -0.2) is 49.8 Å². The summed E-state index contributed by atoms with van der Waals surface area (Å²) in [5, 5.41) is 3.56. The maximum atomic E-state index is 5.69. The first-order valence-corrected chi connectivity index (χ1v) is 6.46. The van der Waals surface area contributed by atoms with Crippen molar-refractivity contribution >= 4 is 0 Å². The lowest BCUT2D eigenvalue weighted by atomic mass is 10.0. The van der Waals surface area contributed by atoms with Crippen LogP contribution < -0.4 is 5.32 Å². The smallest absolute Gasteiger partial charge is 0.0702 e. The third kappa shape index (κ3) is 3.44. The summed E-state index contributed by atoms with van der Waals surface area (Å²) in [6, 6.07) is 0.713. The highest BCUT2D eigenvalue weighted by molar-refractivity contribution is 4.80. The molecule has 2 atom stereocenters. The van der Waals surface area contributed by atoms with Gasteiger partial charge in [0.05, 0.1) is 6.10 Å². The molecular weight excluding hydrogens is 188 g/mol. The van der Waals surface area contributed by atoms with E-state index in [2.05, 4.69) is 17.1 Å². The van der Waals surface area contributed by atoms with Crippen LogP contribution in [0.5, 0.6) is 0 Å². The van der Waals surface area contributed by atoms with Crippen LogP contribution in [0, 0.1) is 0 Å². The Labute approximate surface area is 93.2 Å². The van der Waals surface area contributed by atoms with Gasteiger partial charge in [0.15, 0.2) is 0 Å². The highest BCUT2D eigenvalue weighted by Crippen LogP contribution is 2.16. The van der Waals surface area contributed by atoms with E-state index in [-0.39, 0.29) is 0 Å². The van der Waals surface area contributed by atoms with Gasteiger partial charge in [-0.3, -0.25) is 4.90 Å². The van der Waals surface area contributed by atoms with Crippen molar-refractivity contribution in [3.63, 3.8) is 0 Å². The van der Waals surface area contributed by atoms with E-state index >= 15 is 0 Å². The second-order valence-electron chi connectivity index (χ2n) is 4.79. The molecule has 0 amide bonds. The van der Waals surface area contributed by atoms with Crippen molar-refractivity contribution in [2.45, 2.75) is 44.8 Å². The summed E-state index contributed by atoms with van der Waals surface area (Å²) < 4.78 is 5.69. The van der Waals surface area contributed by atoms with Crippen molar-refractivity contribution < 1.29 is 4.74 Å². The van der Waals surface area contributed by atoms with E-state index in [1.54, 1.807) is 0 Å². The van der Waals surface area contributed by atoms with Gasteiger partial charge in [-0.2, -0.15) is 0 Å². The molecule has 2 unspecified atom stereocenters. The van der Waals surface area contributed by atoms with Crippen molar-refractivity contribution in [3.05, 3.63) is 0 Å². The minimum absolute atomic E-state index is 0.519. The molecule has 0 aromatic carbocycles. The summed E-state index contributed by atoms with van der Waals surface area (Å²) in [5.41, 5.74) is 0. The van der Waals surface area contributed by atoms with Gasteiger partial charge in [0.25, 0.3) is 0 Å². The van der Waals surface area contributed by atoms with Crippen LogP contribution in [0.4, 0.5) is 0 Å². The Morgan fingerprint density at radius 3 is 3.00 bits per heavy atom. The SMILES string of the molecule is CCNC1CCCN(CC2CCCO2)C1. The first-order chi connectivity index (χ1) is 7.38. The lowest BCUT2D eigenvalue weighted by Gasteiger charge is -2.34. The van der Waals surface area contributed by atoms with E-state index in [4.69, 9.17) is 4.74 Å². The van der Waals surface area contributed by atoms with E-state index in [0.29, 0.717) is 12.1 Å². The topological polar surface area (TPSA) is 24.5 Å². The minimum atomic E-state index is 0.519. The molecule has 2 aliphatic rings. The number of hydrogen-bond acceptors (Lipinski definition) is 3. The predicted octanol–water partition coefficient (Wildman–Crippen LogP) is 1.24. The molecule has 0 spiro atoms. The van der Waals surface area contributed by atoms with Crippen LogP contribution in [0.3, 0.4) is 0 Å². The number of ether oxygens (including phenoxy) is 1. The van der Waals surface area contributed by atoms with Crippen molar-refractivity contribution in [2.75, 3.05) is 32.8 Å². The zero-order valence-electron chi connectivity index (χ0n) is 9.87. The van der Waals surface area contributed by atoms with Crippen molar-refractivity contribution in [3.8, 4) is 0 Å². The average molecular weight is 212 g/mol. The van der Waals surface area contributed by atoms with Gasteiger partial charge in [-0.15, -0.1) is 0 Å². The second kappa shape index (κ2) is 5.83. The fourth-order valence-corrected chi connectivity index (χ4v) is 2.75. The summed E-state index contributed by atoms with van der Waals surface area (Å²) in [7, 11) is 0. The largest absolute Gasteiger partial charge is 0.377 e. The lowest BCUT2D eigenvalue weighted by molar-refractivity contribution is 0.0611. The van der Waals surface area contributed by atoms with Crippen molar-refractivity contribution in [2.24, 2.45) is 0 Å². The Morgan fingerprint density at radius 1 is 1.33 bits per heavy atom. The normalized spacial score (nSPS) is 33.4. The first kappa shape index (κ1) is 11.4. The summed E-state index contributed by atoms with van der Waals surface area (Å²) in [6.45, 7) is 7.91. The van der Waals surface area contributed by atoms with Crippen LogP contribution in [0.1, 0.15) is 32.6 Å². The molecule has 3 heteroatoms. The average Bonchev–Trinajstić information content (AvgIpc) is 2.71.